The molecular weight excluding hydrogens is 633 g/mol. The molecule has 10 rings (SSSR count). The van der Waals surface area contributed by atoms with Crippen molar-refractivity contribution in [3.8, 4) is 33.4 Å². The summed E-state index contributed by atoms with van der Waals surface area (Å²) in [7, 11) is 0. The first-order valence-corrected chi connectivity index (χ1v) is 17.8. The minimum absolute atomic E-state index is 0.771. The Morgan fingerprint density at radius 1 is 0.442 bits per heavy atom. The molecule has 1 aromatic heterocycles. The predicted octanol–water partition coefficient (Wildman–Crippen LogP) is 13.3. The molecule has 3 nitrogen and oxygen atoms in total. The molecule has 52 heavy (non-hydrogen) atoms. The van der Waals surface area contributed by atoms with E-state index in [1.54, 1.807) is 0 Å². The van der Waals surface area contributed by atoms with Crippen LogP contribution in [0.5, 0.6) is 0 Å². The molecule has 1 aliphatic heterocycles. The maximum Gasteiger partial charge on any atom is 0.135 e. The van der Waals surface area contributed by atoms with Gasteiger partial charge in [0.1, 0.15) is 11.3 Å². The van der Waals surface area contributed by atoms with Crippen LogP contribution in [-0.2, 0) is 6.54 Å². The summed E-state index contributed by atoms with van der Waals surface area (Å²) in [6.45, 7) is 0.771. The molecule has 8 aromatic carbocycles. The average molecular weight is 667 g/mol. The fraction of sp³-hybridized carbons (Fsp3) is 0.0204. The molecule has 1 aliphatic rings. The van der Waals surface area contributed by atoms with Crippen LogP contribution in [0.15, 0.2) is 187 Å². The molecular formula is C49H34N2O. The van der Waals surface area contributed by atoms with Crippen LogP contribution in [0.3, 0.4) is 0 Å². The minimum atomic E-state index is 0.771. The number of anilines is 3. The summed E-state index contributed by atoms with van der Waals surface area (Å²) in [6, 6.07) is 63.7. The summed E-state index contributed by atoms with van der Waals surface area (Å²) in [4.78, 5) is 2.38. The Morgan fingerprint density at radius 3 is 2.00 bits per heavy atom. The third-order valence-electron chi connectivity index (χ3n) is 10.3. The van der Waals surface area contributed by atoms with Crippen LogP contribution in [0.25, 0.3) is 72.0 Å². The van der Waals surface area contributed by atoms with E-state index in [1.165, 1.54) is 55.1 Å². The number of hydrogen-bond acceptors (Lipinski definition) is 3. The SMILES string of the molecule is C1=Cc2oc3cc4cc(N(c5cccc(-c6ccccc6)c5)c5ccc(-c6ccc7ccccc7c6)c(-c6ccccc6)c5)ccc4cc3c2CN1. The van der Waals surface area contributed by atoms with E-state index in [0.717, 1.165) is 45.7 Å². The van der Waals surface area contributed by atoms with Crippen LogP contribution in [-0.4, -0.2) is 0 Å². The molecule has 0 saturated heterocycles. The Labute approximate surface area is 302 Å². The van der Waals surface area contributed by atoms with Gasteiger partial charge in [0, 0.05) is 40.8 Å². The summed E-state index contributed by atoms with van der Waals surface area (Å²) >= 11 is 0. The molecule has 246 valence electrons. The number of furan rings is 1. The van der Waals surface area contributed by atoms with Gasteiger partial charge < -0.3 is 14.6 Å². The van der Waals surface area contributed by atoms with Gasteiger partial charge in [-0.1, -0.05) is 121 Å². The maximum absolute atomic E-state index is 6.34. The van der Waals surface area contributed by atoms with Gasteiger partial charge in [0.15, 0.2) is 0 Å². The van der Waals surface area contributed by atoms with Gasteiger partial charge in [-0.15, -0.1) is 0 Å². The summed E-state index contributed by atoms with van der Waals surface area (Å²) in [5.41, 5.74) is 12.5. The lowest BCUT2D eigenvalue weighted by atomic mass is 9.92. The summed E-state index contributed by atoms with van der Waals surface area (Å²) < 4.78 is 6.34. The van der Waals surface area contributed by atoms with Gasteiger partial charge in [0.05, 0.1) is 0 Å². The zero-order valence-electron chi connectivity index (χ0n) is 28.5. The first kappa shape index (κ1) is 30.0. The largest absolute Gasteiger partial charge is 0.456 e. The third kappa shape index (κ3) is 5.31. The van der Waals surface area contributed by atoms with Crippen LogP contribution in [0.2, 0.25) is 0 Å². The lowest BCUT2D eigenvalue weighted by Crippen LogP contribution is -2.10. The lowest BCUT2D eigenvalue weighted by Gasteiger charge is -2.27. The topological polar surface area (TPSA) is 28.4 Å². The second kappa shape index (κ2) is 12.5. The molecule has 3 heteroatoms. The van der Waals surface area contributed by atoms with E-state index < -0.39 is 0 Å². The fourth-order valence-electron chi connectivity index (χ4n) is 7.69. The molecule has 0 amide bonds. The zero-order chi connectivity index (χ0) is 34.4. The highest BCUT2D eigenvalue weighted by Gasteiger charge is 2.19. The zero-order valence-corrected chi connectivity index (χ0v) is 28.5. The number of hydrogen-bond donors (Lipinski definition) is 1. The van der Waals surface area contributed by atoms with Crippen molar-refractivity contribution in [1.82, 2.24) is 5.32 Å². The highest BCUT2D eigenvalue weighted by molar-refractivity contribution is 6.01. The molecule has 0 spiro atoms. The van der Waals surface area contributed by atoms with E-state index in [9.17, 15) is 0 Å². The normalized spacial score (nSPS) is 12.2. The van der Waals surface area contributed by atoms with Crippen LogP contribution in [0, 0.1) is 0 Å². The van der Waals surface area contributed by atoms with Crippen LogP contribution >= 0.6 is 0 Å². The van der Waals surface area contributed by atoms with Crippen molar-refractivity contribution in [1.29, 1.82) is 0 Å². The Bertz CT molecular complexity index is 2800. The molecule has 0 atom stereocenters. The van der Waals surface area contributed by atoms with Gasteiger partial charge in [-0.05, 0) is 116 Å². The van der Waals surface area contributed by atoms with Crippen molar-refractivity contribution >= 4 is 55.7 Å². The van der Waals surface area contributed by atoms with Gasteiger partial charge in [-0.25, -0.2) is 0 Å². The fourth-order valence-corrected chi connectivity index (χ4v) is 7.69. The number of fused-ring (bicyclic) bond motifs is 5. The Balaban J connectivity index is 1.17. The molecule has 0 fully saturated rings. The van der Waals surface area contributed by atoms with Crippen molar-refractivity contribution < 1.29 is 4.42 Å². The number of rotatable bonds is 6. The van der Waals surface area contributed by atoms with Crippen LogP contribution < -0.4 is 10.2 Å². The lowest BCUT2D eigenvalue weighted by molar-refractivity contribution is 0.592. The first-order valence-electron chi connectivity index (χ1n) is 17.8. The quantitative estimate of drug-likeness (QED) is 0.191. The van der Waals surface area contributed by atoms with E-state index in [-0.39, 0.29) is 0 Å². The van der Waals surface area contributed by atoms with Gasteiger partial charge in [0.2, 0.25) is 0 Å². The summed E-state index contributed by atoms with van der Waals surface area (Å²) in [5, 5.41) is 9.29. The van der Waals surface area contributed by atoms with Crippen molar-refractivity contribution in [2.75, 3.05) is 4.90 Å². The van der Waals surface area contributed by atoms with Crippen LogP contribution in [0.1, 0.15) is 11.3 Å². The molecule has 1 N–H and O–H groups in total. The van der Waals surface area contributed by atoms with Gasteiger partial charge in [-0.2, -0.15) is 0 Å². The average Bonchev–Trinajstić information content (AvgIpc) is 3.58. The first-order chi connectivity index (χ1) is 25.7. The molecule has 2 heterocycles. The highest BCUT2D eigenvalue weighted by atomic mass is 16.3. The Hall–Kier alpha value is -6.84. The molecule has 0 unspecified atom stereocenters. The van der Waals surface area contributed by atoms with Crippen molar-refractivity contribution in [3.63, 3.8) is 0 Å². The third-order valence-corrected chi connectivity index (χ3v) is 10.3. The monoisotopic (exact) mass is 666 g/mol. The minimum Gasteiger partial charge on any atom is -0.456 e. The Kier molecular flexibility index (Phi) is 7.21. The second-order valence-electron chi connectivity index (χ2n) is 13.4. The van der Waals surface area contributed by atoms with Crippen molar-refractivity contribution in [3.05, 3.63) is 193 Å². The van der Waals surface area contributed by atoms with E-state index in [2.05, 4.69) is 186 Å². The highest BCUT2D eigenvalue weighted by Crippen LogP contribution is 2.43. The predicted molar refractivity (Wildman–Crippen MR) is 218 cm³/mol. The molecule has 0 saturated carbocycles. The van der Waals surface area contributed by atoms with Crippen LogP contribution in [0.4, 0.5) is 17.1 Å². The number of benzene rings is 8. The summed E-state index contributed by atoms with van der Waals surface area (Å²) in [6.07, 6.45) is 3.97. The van der Waals surface area contributed by atoms with E-state index >= 15 is 0 Å². The number of nitrogens with one attached hydrogen (secondary N) is 1. The molecule has 0 radical (unpaired) electrons. The van der Waals surface area contributed by atoms with Gasteiger partial charge in [0.25, 0.3) is 0 Å². The van der Waals surface area contributed by atoms with Gasteiger partial charge in [-0.3, -0.25) is 0 Å². The van der Waals surface area contributed by atoms with Crippen molar-refractivity contribution in [2.45, 2.75) is 6.54 Å². The summed E-state index contributed by atoms with van der Waals surface area (Å²) in [5.74, 6) is 0.934. The van der Waals surface area contributed by atoms with E-state index in [0.29, 0.717) is 0 Å². The molecule has 0 bridgehead atoms. The second-order valence-corrected chi connectivity index (χ2v) is 13.4. The van der Waals surface area contributed by atoms with E-state index in [4.69, 9.17) is 4.42 Å². The number of nitrogens with zero attached hydrogens (tertiary/aromatic N) is 1. The molecule has 9 aromatic rings. The Morgan fingerprint density at radius 2 is 1.13 bits per heavy atom. The maximum atomic E-state index is 6.34. The van der Waals surface area contributed by atoms with Crippen molar-refractivity contribution in [2.24, 2.45) is 0 Å². The standard InChI is InChI=1S/C49H34N2O/c1-3-10-33(11-4-1)37-16-9-17-41(27-37)51(42-21-20-38-29-46-47-32-50-25-24-48(47)52-49(46)30-40(38)28-42)43-22-23-44(45(31-43)35-13-5-2-6-14-35)39-19-18-34-12-7-8-15-36(34)26-39/h1-31,50H,32H2. The van der Waals surface area contributed by atoms with Gasteiger partial charge >= 0.3 is 0 Å². The molecule has 0 aliphatic carbocycles. The smallest absolute Gasteiger partial charge is 0.135 e. The van der Waals surface area contributed by atoms with E-state index in [1.807, 2.05) is 12.3 Å².